The Morgan fingerprint density at radius 2 is 2.00 bits per heavy atom. The van der Waals surface area contributed by atoms with Gasteiger partial charge in [0.05, 0.1) is 0 Å². The topological polar surface area (TPSA) is 80.7 Å². The van der Waals surface area contributed by atoms with E-state index in [2.05, 4.69) is 4.74 Å². The maximum atomic E-state index is 11.2. The highest BCUT2D eigenvalue weighted by Crippen LogP contribution is 2.39. The summed E-state index contributed by atoms with van der Waals surface area (Å²) in [4.78, 5) is 32.2. The van der Waals surface area contributed by atoms with Gasteiger partial charge in [0, 0.05) is 17.4 Å². The molecule has 0 aromatic carbocycles. The van der Waals surface area contributed by atoms with Crippen LogP contribution in [0.2, 0.25) is 0 Å². The summed E-state index contributed by atoms with van der Waals surface area (Å²) in [7, 11) is 3.79. The van der Waals surface area contributed by atoms with E-state index in [-0.39, 0.29) is 6.42 Å². The lowest BCUT2D eigenvalue weighted by Gasteiger charge is -2.06. The van der Waals surface area contributed by atoms with E-state index < -0.39 is 24.3 Å². The Labute approximate surface area is 113 Å². The van der Waals surface area contributed by atoms with Gasteiger partial charge in [-0.2, -0.15) is 0 Å². The van der Waals surface area contributed by atoms with Gasteiger partial charge in [-0.25, -0.2) is 0 Å². The number of carboxylic acid groups (broad SMARTS) is 1. The molecule has 0 radical (unpaired) electrons. The van der Waals surface area contributed by atoms with Crippen molar-refractivity contribution in [2.75, 3.05) is 5.75 Å². The second-order valence-corrected chi connectivity index (χ2v) is 6.78. The molecular formula is C11H16O5S2. The predicted octanol–water partition coefficient (Wildman–Crippen LogP) is 2.25. The minimum atomic E-state index is -1.29. The third-order valence-electron chi connectivity index (χ3n) is 2.41. The summed E-state index contributed by atoms with van der Waals surface area (Å²) in [5.74, 6) is -1.71. The first-order chi connectivity index (χ1) is 8.58. The van der Waals surface area contributed by atoms with Crippen LogP contribution in [-0.4, -0.2) is 34.0 Å². The molecule has 0 aromatic rings. The van der Waals surface area contributed by atoms with E-state index in [0.717, 1.165) is 12.8 Å². The molecule has 0 bridgehead atoms. The molecule has 0 amide bonds. The van der Waals surface area contributed by atoms with Gasteiger partial charge in [0.1, 0.15) is 6.42 Å². The van der Waals surface area contributed by atoms with Gasteiger partial charge in [0.15, 0.2) is 0 Å². The van der Waals surface area contributed by atoms with Crippen LogP contribution in [0.4, 0.5) is 0 Å². The van der Waals surface area contributed by atoms with Crippen molar-refractivity contribution in [3.63, 3.8) is 0 Å². The Morgan fingerprint density at radius 1 is 1.22 bits per heavy atom. The van der Waals surface area contributed by atoms with Crippen LogP contribution in [0.5, 0.6) is 0 Å². The minimum absolute atomic E-state index is 0.176. The van der Waals surface area contributed by atoms with E-state index in [1.54, 1.807) is 0 Å². The number of aliphatic carboxylic acids is 1. The highest BCUT2D eigenvalue weighted by Gasteiger charge is 2.17. The van der Waals surface area contributed by atoms with Crippen LogP contribution >= 0.6 is 21.6 Å². The molecule has 1 aliphatic heterocycles. The summed E-state index contributed by atoms with van der Waals surface area (Å²) in [6, 6.07) is 0. The summed E-state index contributed by atoms with van der Waals surface area (Å²) in [6.45, 7) is 0. The van der Waals surface area contributed by atoms with Crippen molar-refractivity contribution >= 4 is 39.5 Å². The molecule has 1 saturated heterocycles. The predicted molar refractivity (Wildman–Crippen MR) is 70.3 cm³/mol. The van der Waals surface area contributed by atoms with Gasteiger partial charge in [-0.05, 0) is 19.3 Å². The standard InChI is InChI=1S/C11H16O5S2/c12-9(13)7-11(15)16-10(14)4-2-1-3-8-5-6-17-18-8/h8H,1-7H2,(H,12,13). The molecule has 0 spiro atoms. The molecule has 1 fully saturated rings. The monoisotopic (exact) mass is 292 g/mol. The third-order valence-corrected chi connectivity index (χ3v) is 5.41. The number of carboxylic acids is 1. The van der Waals surface area contributed by atoms with Gasteiger partial charge in [0.2, 0.25) is 0 Å². The number of ether oxygens (including phenoxy) is 1. The number of rotatable bonds is 7. The minimum Gasteiger partial charge on any atom is -0.481 e. The summed E-state index contributed by atoms with van der Waals surface area (Å²) in [5, 5.41) is 9.00. The Morgan fingerprint density at radius 3 is 2.61 bits per heavy atom. The molecule has 1 atom stereocenters. The largest absolute Gasteiger partial charge is 0.481 e. The SMILES string of the molecule is O=C(O)CC(=O)OC(=O)CCCCC1CCSS1. The van der Waals surface area contributed by atoms with Crippen molar-refractivity contribution in [2.45, 2.75) is 43.8 Å². The molecule has 1 heterocycles. The molecule has 102 valence electrons. The maximum Gasteiger partial charge on any atom is 0.324 e. The fourth-order valence-electron chi connectivity index (χ4n) is 1.54. The molecule has 1 rings (SSSR count). The number of carbonyl (C=O) groups excluding carboxylic acids is 2. The zero-order valence-corrected chi connectivity index (χ0v) is 11.6. The van der Waals surface area contributed by atoms with Gasteiger partial charge in [-0.3, -0.25) is 14.4 Å². The van der Waals surface area contributed by atoms with E-state index in [9.17, 15) is 14.4 Å². The van der Waals surface area contributed by atoms with E-state index in [4.69, 9.17) is 5.11 Å². The smallest absolute Gasteiger partial charge is 0.324 e. The fraction of sp³-hybridized carbons (Fsp3) is 0.727. The van der Waals surface area contributed by atoms with Crippen LogP contribution < -0.4 is 0 Å². The van der Waals surface area contributed by atoms with Crippen LogP contribution in [0.1, 0.15) is 38.5 Å². The average Bonchev–Trinajstić information content (AvgIpc) is 2.75. The fourth-order valence-corrected chi connectivity index (χ4v) is 4.57. The first kappa shape index (κ1) is 15.4. The molecular weight excluding hydrogens is 276 g/mol. The summed E-state index contributed by atoms with van der Waals surface area (Å²) in [6.07, 6.45) is 3.32. The quantitative estimate of drug-likeness (QED) is 0.333. The highest BCUT2D eigenvalue weighted by atomic mass is 33.1. The van der Waals surface area contributed by atoms with E-state index in [1.807, 2.05) is 21.6 Å². The first-order valence-electron chi connectivity index (χ1n) is 5.81. The van der Waals surface area contributed by atoms with Gasteiger partial charge in [0.25, 0.3) is 0 Å². The molecule has 0 aromatic heterocycles. The summed E-state index contributed by atoms with van der Waals surface area (Å²) in [5.41, 5.74) is 0. The number of unbranched alkanes of at least 4 members (excludes halogenated alkanes) is 1. The molecule has 5 nitrogen and oxygen atoms in total. The van der Waals surface area contributed by atoms with Gasteiger partial charge < -0.3 is 9.84 Å². The lowest BCUT2D eigenvalue weighted by Crippen LogP contribution is -2.15. The average molecular weight is 292 g/mol. The van der Waals surface area contributed by atoms with Gasteiger partial charge >= 0.3 is 17.9 Å². The van der Waals surface area contributed by atoms with E-state index in [0.29, 0.717) is 11.7 Å². The Kier molecular flexibility index (Phi) is 7.19. The zero-order valence-electron chi connectivity index (χ0n) is 9.92. The lowest BCUT2D eigenvalue weighted by molar-refractivity contribution is -0.161. The molecule has 1 unspecified atom stereocenters. The van der Waals surface area contributed by atoms with Gasteiger partial charge in [-0.1, -0.05) is 28.0 Å². The Hall–Kier alpha value is -0.690. The number of carbonyl (C=O) groups is 3. The molecule has 0 aliphatic carbocycles. The highest BCUT2D eigenvalue weighted by molar-refractivity contribution is 8.77. The van der Waals surface area contributed by atoms with Crippen LogP contribution in [0.15, 0.2) is 0 Å². The van der Waals surface area contributed by atoms with Crippen LogP contribution in [0.3, 0.4) is 0 Å². The van der Waals surface area contributed by atoms with Crippen molar-refractivity contribution in [3.05, 3.63) is 0 Å². The maximum absolute atomic E-state index is 11.2. The van der Waals surface area contributed by atoms with Crippen molar-refractivity contribution < 1.29 is 24.2 Å². The molecule has 0 saturated carbocycles. The normalized spacial score (nSPS) is 18.6. The second kappa shape index (κ2) is 8.42. The van der Waals surface area contributed by atoms with Crippen LogP contribution in [0, 0.1) is 0 Å². The molecule has 7 heteroatoms. The Balaban J connectivity index is 2.02. The first-order valence-corrected chi connectivity index (χ1v) is 8.19. The number of hydrogen-bond acceptors (Lipinski definition) is 6. The van der Waals surface area contributed by atoms with Crippen molar-refractivity contribution in [2.24, 2.45) is 0 Å². The molecule has 18 heavy (non-hydrogen) atoms. The molecule has 1 aliphatic rings. The summed E-state index contributed by atoms with van der Waals surface area (Å²) < 4.78 is 4.37. The van der Waals surface area contributed by atoms with Crippen LogP contribution in [-0.2, 0) is 19.1 Å². The van der Waals surface area contributed by atoms with Crippen molar-refractivity contribution in [3.8, 4) is 0 Å². The second-order valence-electron chi connectivity index (χ2n) is 3.99. The lowest BCUT2D eigenvalue weighted by atomic mass is 10.1. The van der Waals surface area contributed by atoms with E-state index >= 15 is 0 Å². The number of hydrogen-bond donors (Lipinski definition) is 1. The Bertz CT molecular complexity index is 313. The van der Waals surface area contributed by atoms with Crippen LogP contribution in [0.25, 0.3) is 0 Å². The third kappa shape index (κ3) is 6.90. The van der Waals surface area contributed by atoms with Gasteiger partial charge in [-0.15, -0.1) is 0 Å². The zero-order chi connectivity index (χ0) is 13.4. The van der Waals surface area contributed by atoms with E-state index in [1.165, 1.54) is 12.2 Å². The van der Waals surface area contributed by atoms with Crippen molar-refractivity contribution in [1.29, 1.82) is 0 Å². The summed E-state index contributed by atoms with van der Waals surface area (Å²) >= 11 is 0. The number of esters is 2. The van der Waals surface area contributed by atoms with Crippen molar-refractivity contribution in [1.82, 2.24) is 0 Å². The molecule has 1 N–H and O–H groups in total.